The Bertz CT molecular complexity index is 786. The van der Waals surface area contributed by atoms with Gasteiger partial charge in [-0.05, 0) is 60.9 Å². The van der Waals surface area contributed by atoms with Crippen LogP contribution in [0.1, 0.15) is 36.0 Å². The average molecular weight is 352 g/mol. The number of carbonyl (C=O) groups is 2. The van der Waals surface area contributed by atoms with Crippen LogP contribution in [0.5, 0.6) is 5.75 Å². The van der Waals surface area contributed by atoms with E-state index in [0.29, 0.717) is 21.6 Å². The summed E-state index contributed by atoms with van der Waals surface area (Å²) < 4.78 is 29.2. The third kappa shape index (κ3) is 4.26. The number of carboxylic acid groups (broad SMARTS) is 1. The van der Waals surface area contributed by atoms with Gasteiger partial charge in [0.2, 0.25) is 0 Å². The predicted molar refractivity (Wildman–Crippen MR) is 87.2 cm³/mol. The number of hydrogen-bond acceptors (Lipinski definition) is 4. The number of hydrogen-bond donors (Lipinski definition) is 1. The fourth-order valence-corrected chi connectivity index (χ4v) is 2.96. The van der Waals surface area contributed by atoms with Crippen LogP contribution in [-0.4, -0.2) is 23.5 Å². The van der Waals surface area contributed by atoms with E-state index in [9.17, 15) is 18.4 Å². The highest BCUT2D eigenvalue weighted by Crippen LogP contribution is 2.27. The second-order valence-electron chi connectivity index (χ2n) is 5.03. The Morgan fingerprint density at radius 2 is 1.75 bits per heavy atom. The number of benzene rings is 1. The number of thiophene rings is 1. The third-order valence-electron chi connectivity index (χ3n) is 3.18. The highest BCUT2D eigenvalue weighted by Gasteiger charge is 2.12. The molecule has 4 nitrogen and oxygen atoms in total. The van der Waals surface area contributed by atoms with Gasteiger partial charge in [0.25, 0.3) is 0 Å². The topological polar surface area (TPSA) is 63.6 Å². The molecule has 0 aliphatic rings. The lowest BCUT2D eigenvalue weighted by Crippen LogP contribution is -2.05. The minimum atomic E-state index is -2.90. The van der Waals surface area contributed by atoms with Crippen molar-refractivity contribution in [1.82, 2.24) is 0 Å². The van der Waals surface area contributed by atoms with Gasteiger partial charge in [0, 0.05) is 0 Å². The highest BCUT2D eigenvalue weighted by atomic mass is 32.1. The van der Waals surface area contributed by atoms with E-state index >= 15 is 0 Å². The van der Waals surface area contributed by atoms with Crippen LogP contribution in [0.25, 0.3) is 6.08 Å². The number of ether oxygens (including phenoxy) is 1. The second-order valence-corrected chi connectivity index (χ2v) is 6.11. The minimum Gasteiger partial charge on any atom is -0.477 e. The number of allylic oxidation sites excluding steroid dienone is 1. The summed E-state index contributed by atoms with van der Waals surface area (Å²) in [7, 11) is 0. The lowest BCUT2D eigenvalue weighted by atomic mass is 10.0. The molecule has 0 atom stereocenters. The smallest absolute Gasteiger partial charge is 0.387 e. The molecule has 0 unspecified atom stereocenters. The quantitative estimate of drug-likeness (QED) is 0.611. The van der Waals surface area contributed by atoms with Gasteiger partial charge >= 0.3 is 12.6 Å². The SMILES string of the molecule is Cc1cc(/C=C/C(=O)c2ccc(C(=O)O)s2)cc(C)c1OC(F)F. The zero-order chi connectivity index (χ0) is 17.9. The van der Waals surface area contributed by atoms with Crippen molar-refractivity contribution in [2.24, 2.45) is 0 Å². The van der Waals surface area contributed by atoms with Crippen LogP contribution in [0.2, 0.25) is 0 Å². The summed E-state index contributed by atoms with van der Waals surface area (Å²) in [6.07, 6.45) is 2.87. The molecule has 7 heteroatoms. The van der Waals surface area contributed by atoms with E-state index in [1.165, 1.54) is 18.2 Å². The summed E-state index contributed by atoms with van der Waals surface area (Å²) in [6, 6.07) is 6.09. The molecular formula is C17H14F2O4S. The number of aromatic carboxylic acids is 1. The number of carboxylic acids is 1. The Morgan fingerprint density at radius 1 is 1.17 bits per heavy atom. The molecule has 2 aromatic rings. The first-order chi connectivity index (χ1) is 11.3. The van der Waals surface area contributed by atoms with Crippen LogP contribution >= 0.6 is 11.3 Å². The van der Waals surface area contributed by atoms with E-state index in [-0.39, 0.29) is 16.4 Å². The first kappa shape index (κ1) is 17.8. The largest absolute Gasteiger partial charge is 0.477 e. The van der Waals surface area contributed by atoms with Crippen LogP contribution in [0.4, 0.5) is 8.78 Å². The molecule has 0 radical (unpaired) electrons. The van der Waals surface area contributed by atoms with Crippen molar-refractivity contribution in [3.63, 3.8) is 0 Å². The van der Waals surface area contributed by atoms with Gasteiger partial charge in [-0.25, -0.2) is 4.79 Å². The number of halogens is 2. The van der Waals surface area contributed by atoms with E-state index in [0.717, 1.165) is 11.3 Å². The maximum Gasteiger partial charge on any atom is 0.387 e. The Labute approximate surface area is 141 Å². The Kier molecular flexibility index (Phi) is 5.46. The molecule has 0 bridgehead atoms. The number of rotatable bonds is 6. The average Bonchev–Trinajstić information content (AvgIpc) is 2.98. The molecule has 0 saturated carbocycles. The fraction of sp³-hybridized carbons (Fsp3) is 0.176. The Balaban J connectivity index is 2.19. The molecule has 126 valence electrons. The Hall–Kier alpha value is -2.54. The molecular weight excluding hydrogens is 338 g/mol. The number of ketones is 1. The monoisotopic (exact) mass is 352 g/mol. The maximum absolute atomic E-state index is 12.4. The second kappa shape index (κ2) is 7.35. The number of alkyl halides is 2. The molecule has 0 spiro atoms. The summed E-state index contributed by atoms with van der Waals surface area (Å²) >= 11 is 0.896. The lowest BCUT2D eigenvalue weighted by molar-refractivity contribution is -0.0507. The molecule has 1 aromatic heterocycles. The van der Waals surface area contributed by atoms with E-state index in [2.05, 4.69) is 4.74 Å². The standard InChI is InChI=1S/C17H14F2O4S/c1-9-7-11(8-10(2)15(9)23-17(18)19)3-4-12(20)13-5-6-14(24-13)16(21)22/h3-8,17H,1-2H3,(H,21,22)/b4-3+. The van der Waals surface area contributed by atoms with Crippen molar-refractivity contribution in [2.45, 2.75) is 20.5 Å². The van der Waals surface area contributed by atoms with Crippen molar-refractivity contribution < 1.29 is 28.2 Å². The minimum absolute atomic E-state index is 0.0898. The predicted octanol–water partition coefficient (Wildman–Crippen LogP) is 4.56. The zero-order valence-corrected chi connectivity index (χ0v) is 13.7. The van der Waals surface area contributed by atoms with Gasteiger partial charge in [0.05, 0.1) is 4.88 Å². The van der Waals surface area contributed by atoms with Gasteiger partial charge in [0.15, 0.2) is 5.78 Å². The van der Waals surface area contributed by atoms with Gasteiger partial charge < -0.3 is 9.84 Å². The van der Waals surface area contributed by atoms with Crippen LogP contribution in [0.15, 0.2) is 30.3 Å². The summed E-state index contributed by atoms with van der Waals surface area (Å²) in [4.78, 5) is 23.3. The van der Waals surface area contributed by atoms with E-state index < -0.39 is 12.6 Å². The molecule has 2 rings (SSSR count). The summed E-state index contributed by atoms with van der Waals surface area (Å²) in [5.41, 5.74) is 1.73. The highest BCUT2D eigenvalue weighted by molar-refractivity contribution is 7.16. The van der Waals surface area contributed by atoms with E-state index in [4.69, 9.17) is 5.11 Å². The first-order valence-corrected chi connectivity index (χ1v) is 7.71. The van der Waals surface area contributed by atoms with Crippen molar-refractivity contribution in [1.29, 1.82) is 0 Å². The fourth-order valence-electron chi connectivity index (χ4n) is 2.19. The van der Waals surface area contributed by atoms with Gasteiger partial charge in [-0.2, -0.15) is 8.78 Å². The number of carbonyl (C=O) groups excluding carboxylic acids is 1. The van der Waals surface area contributed by atoms with Gasteiger partial charge in [-0.15, -0.1) is 11.3 Å². The third-order valence-corrected chi connectivity index (χ3v) is 4.26. The number of aryl methyl sites for hydroxylation is 2. The molecule has 0 amide bonds. The van der Waals surface area contributed by atoms with Gasteiger partial charge in [-0.3, -0.25) is 4.79 Å². The molecule has 0 aliphatic carbocycles. The normalized spacial score (nSPS) is 11.2. The zero-order valence-electron chi connectivity index (χ0n) is 12.9. The Morgan fingerprint density at radius 3 is 2.25 bits per heavy atom. The van der Waals surface area contributed by atoms with Crippen LogP contribution < -0.4 is 4.74 Å². The summed E-state index contributed by atoms with van der Waals surface area (Å²) in [5, 5.41) is 8.85. The van der Waals surface area contributed by atoms with Crippen LogP contribution in [0, 0.1) is 13.8 Å². The van der Waals surface area contributed by atoms with Gasteiger partial charge in [-0.1, -0.05) is 6.08 Å². The van der Waals surface area contributed by atoms with Crippen LogP contribution in [-0.2, 0) is 0 Å². The molecule has 24 heavy (non-hydrogen) atoms. The molecule has 0 aliphatic heterocycles. The molecule has 1 aromatic carbocycles. The van der Waals surface area contributed by atoms with Crippen molar-refractivity contribution >= 4 is 29.2 Å². The summed E-state index contributed by atoms with van der Waals surface area (Å²) in [6.45, 7) is 0.387. The molecule has 1 heterocycles. The molecule has 1 N–H and O–H groups in total. The van der Waals surface area contributed by atoms with Gasteiger partial charge in [0.1, 0.15) is 10.6 Å². The van der Waals surface area contributed by atoms with Crippen LogP contribution in [0.3, 0.4) is 0 Å². The van der Waals surface area contributed by atoms with Crippen molar-refractivity contribution in [3.8, 4) is 5.75 Å². The molecule has 0 saturated heterocycles. The lowest BCUT2D eigenvalue weighted by Gasteiger charge is -2.12. The summed E-state index contributed by atoms with van der Waals surface area (Å²) in [5.74, 6) is -1.28. The maximum atomic E-state index is 12.4. The first-order valence-electron chi connectivity index (χ1n) is 6.89. The molecule has 0 fully saturated rings. The van der Waals surface area contributed by atoms with Crippen molar-refractivity contribution in [2.75, 3.05) is 0 Å². The van der Waals surface area contributed by atoms with E-state index in [1.807, 2.05) is 0 Å². The van der Waals surface area contributed by atoms with Crippen molar-refractivity contribution in [3.05, 3.63) is 56.8 Å². The van der Waals surface area contributed by atoms with E-state index in [1.54, 1.807) is 32.1 Å².